The highest BCUT2D eigenvalue weighted by Gasteiger charge is 2.15. The van der Waals surface area contributed by atoms with Crippen LogP contribution in [0.4, 0.5) is 0 Å². The molecule has 0 saturated heterocycles. The largest absolute Gasteiger partial charge is 0.314 e. The molecule has 18 heavy (non-hydrogen) atoms. The Morgan fingerprint density at radius 2 is 1.94 bits per heavy atom. The smallest absolute Gasteiger partial charge is 0.145 e. The van der Waals surface area contributed by atoms with Gasteiger partial charge in [0.1, 0.15) is 10.8 Å². The number of hydrogen-bond donors (Lipinski definition) is 1. The number of nitrogens with zero attached hydrogens (tertiary/aromatic N) is 2. The molecular weight excluding hydrogens is 242 g/mol. The third-order valence-electron chi connectivity index (χ3n) is 2.86. The Morgan fingerprint density at radius 1 is 1.22 bits per heavy atom. The van der Waals surface area contributed by atoms with Gasteiger partial charge in [-0.15, -0.1) is 0 Å². The summed E-state index contributed by atoms with van der Waals surface area (Å²) in [5, 5.41) is 4.80. The fourth-order valence-electron chi connectivity index (χ4n) is 1.95. The lowest BCUT2D eigenvalue weighted by Crippen LogP contribution is -2.33. The van der Waals surface area contributed by atoms with Crippen LogP contribution in [0.15, 0.2) is 0 Å². The third kappa shape index (κ3) is 5.44. The average Bonchev–Trinajstić information content (AvgIpc) is 2.73. The van der Waals surface area contributed by atoms with Gasteiger partial charge in [0.25, 0.3) is 0 Å². The minimum atomic E-state index is 0.433. The van der Waals surface area contributed by atoms with Crippen LogP contribution in [0.1, 0.15) is 64.2 Å². The van der Waals surface area contributed by atoms with Gasteiger partial charge in [0.2, 0.25) is 0 Å². The van der Waals surface area contributed by atoms with Crippen molar-refractivity contribution in [2.75, 3.05) is 6.54 Å². The van der Waals surface area contributed by atoms with Gasteiger partial charge in [0.05, 0.1) is 0 Å². The van der Waals surface area contributed by atoms with Gasteiger partial charge < -0.3 is 5.32 Å². The highest BCUT2D eigenvalue weighted by Crippen LogP contribution is 2.17. The molecule has 1 aromatic heterocycles. The molecule has 1 N–H and O–H groups in total. The summed E-state index contributed by atoms with van der Waals surface area (Å²) in [6.07, 6.45) is 3.40. The van der Waals surface area contributed by atoms with Crippen LogP contribution in [0, 0.1) is 5.92 Å². The fraction of sp³-hybridized carbons (Fsp3) is 0.857. The van der Waals surface area contributed by atoms with E-state index in [0.717, 1.165) is 24.7 Å². The monoisotopic (exact) mass is 269 g/mol. The van der Waals surface area contributed by atoms with E-state index in [1.165, 1.54) is 17.8 Å². The Morgan fingerprint density at radius 3 is 2.44 bits per heavy atom. The van der Waals surface area contributed by atoms with Gasteiger partial charge in [-0.3, -0.25) is 0 Å². The van der Waals surface area contributed by atoms with Crippen molar-refractivity contribution in [3.8, 4) is 0 Å². The Hall–Kier alpha value is -0.480. The standard InChI is InChI=1S/C14H27N3S/c1-6-7-15-12(8-10(2)3)9-13-16-14(11(4)5)17-18-13/h10-12,15H,6-9H2,1-5H3. The van der Waals surface area contributed by atoms with Crippen molar-refractivity contribution in [2.45, 2.75) is 65.8 Å². The van der Waals surface area contributed by atoms with Gasteiger partial charge in [-0.1, -0.05) is 34.6 Å². The molecule has 1 aromatic rings. The Balaban J connectivity index is 2.57. The zero-order valence-electron chi connectivity index (χ0n) is 12.4. The summed E-state index contributed by atoms with van der Waals surface area (Å²) in [5.41, 5.74) is 0. The molecule has 0 saturated carbocycles. The first-order valence-corrected chi connectivity index (χ1v) is 7.86. The molecule has 0 amide bonds. The molecule has 0 bridgehead atoms. The number of hydrogen-bond acceptors (Lipinski definition) is 4. The highest BCUT2D eigenvalue weighted by molar-refractivity contribution is 7.05. The van der Waals surface area contributed by atoms with E-state index < -0.39 is 0 Å². The van der Waals surface area contributed by atoms with Crippen LogP contribution in [0.25, 0.3) is 0 Å². The number of nitrogens with one attached hydrogen (secondary N) is 1. The van der Waals surface area contributed by atoms with Crippen molar-refractivity contribution < 1.29 is 0 Å². The predicted molar refractivity (Wildman–Crippen MR) is 79.2 cm³/mol. The van der Waals surface area contributed by atoms with E-state index in [1.807, 2.05) is 0 Å². The molecule has 0 fully saturated rings. The summed E-state index contributed by atoms with van der Waals surface area (Å²) < 4.78 is 4.43. The zero-order chi connectivity index (χ0) is 13.5. The summed E-state index contributed by atoms with van der Waals surface area (Å²) in [6.45, 7) is 12.1. The second-order valence-corrected chi connectivity index (χ2v) is 6.52. The van der Waals surface area contributed by atoms with Crippen LogP contribution >= 0.6 is 11.5 Å². The molecule has 0 aliphatic rings. The lowest BCUT2D eigenvalue weighted by molar-refractivity contribution is 0.415. The minimum Gasteiger partial charge on any atom is -0.314 e. The summed E-state index contributed by atoms with van der Waals surface area (Å²) in [4.78, 5) is 4.63. The van der Waals surface area contributed by atoms with Crippen molar-refractivity contribution in [2.24, 2.45) is 5.92 Å². The van der Waals surface area contributed by atoms with Gasteiger partial charge in [-0.25, -0.2) is 4.98 Å². The number of rotatable bonds is 8. The van der Waals surface area contributed by atoms with Gasteiger partial charge >= 0.3 is 0 Å². The second kappa shape index (κ2) is 7.85. The van der Waals surface area contributed by atoms with Gasteiger partial charge in [-0.05, 0) is 36.8 Å². The van der Waals surface area contributed by atoms with Crippen LogP contribution in [-0.2, 0) is 6.42 Å². The van der Waals surface area contributed by atoms with E-state index >= 15 is 0 Å². The first-order chi connectivity index (χ1) is 8.52. The number of aromatic nitrogens is 2. The zero-order valence-corrected chi connectivity index (χ0v) is 13.2. The molecule has 0 aliphatic carbocycles. The lowest BCUT2D eigenvalue weighted by Gasteiger charge is -2.19. The van der Waals surface area contributed by atoms with E-state index in [4.69, 9.17) is 0 Å². The average molecular weight is 269 g/mol. The topological polar surface area (TPSA) is 37.8 Å². The molecule has 1 rings (SSSR count). The van der Waals surface area contributed by atoms with Crippen molar-refractivity contribution in [3.05, 3.63) is 10.8 Å². The Bertz CT molecular complexity index is 334. The molecule has 3 nitrogen and oxygen atoms in total. The van der Waals surface area contributed by atoms with Crippen LogP contribution in [-0.4, -0.2) is 21.9 Å². The van der Waals surface area contributed by atoms with Crippen LogP contribution in [0.2, 0.25) is 0 Å². The van der Waals surface area contributed by atoms with Crippen molar-refractivity contribution in [1.82, 2.24) is 14.7 Å². The second-order valence-electron chi connectivity index (χ2n) is 5.69. The Kier molecular flexibility index (Phi) is 6.79. The van der Waals surface area contributed by atoms with E-state index in [0.29, 0.717) is 12.0 Å². The summed E-state index contributed by atoms with van der Waals surface area (Å²) in [7, 11) is 0. The van der Waals surface area contributed by atoms with E-state index in [-0.39, 0.29) is 0 Å². The van der Waals surface area contributed by atoms with Crippen LogP contribution in [0.5, 0.6) is 0 Å². The first-order valence-electron chi connectivity index (χ1n) is 7.08. The molecule has 1 atom stereocenters. The first kappa shape index (κ1) is 15.6. The van der Waals surface area contributed by atoms with Gasteiger partial charge in [-0.2, -0.15) is 4.37 Å². The minimum absolute atomic E-state index is 0.433. The molecule has 104 valence electrons. The SMILES string of the molecule is CCCNC(Cc1nc(C(C)C)ns1)CC(C)C. The van der Waals surface area contributed by atoms with Crippen molar-refractivity contribution >= 4 is 11.5 Å². The van der Waals surface area contributed by atoms with Crippen LogP contribution < -0.4 is 5.32 Å². The third-order valence-corrected chi connectivity index (χ3v) is 3.61. The molecule has 4 heteroatoms. The fourth-order valence-corrected chi connectivity index (χ4v) is 2.81. The van der Waals surface area contributed by atoms with Gasteiger partial charge in [0.15, 0.2) is 0 Å². The molecule has 0 spiro atoms. The predicted octanol–water partition coefficient (Wildman–Crippen LogP) is 3.62. The highest BCUT2D eigenvalue weighted by atomic mass is 32.1. The molecular formula is C14H27N3S. The molecule has 0 aliphatic heterocycles. The maximum absolute atomic E-state index is 4.63. The van der Waals surface area contributed by atoms with E-state index in [1.54, 1.807) is 11.5 Å². The Labute approximate surface area is 116 Å². The van der Waals surface area contributed by atoms with Crippen molar-refractivity contribution in [1.29, 1.82) is 0 Å². The van der Waals surface area contributed by atoms with E-state index in [2.05, 4.69) is 49.3 Å². The van der Waals surface area contributed by atoms with Crippen LogP contribution in [0.3, 0.4) is 0 Å². The summed E-state index contributed by atoms with van der Waals surface area (Å²) in [6, 6.07) is 0.540. The quantitative estimate of drug-likeness (QED) is 0.783. The molecule has 1 heterocycles. The molecule has 0 aromatic carbocycles. The molecule has 0 radical (unpaired) electrons. The normalized spacial score (nSPS) is 13.5. The van der Waals surface area contributed by atoms with E-state index in [9.17, 15) is 0 Å². The molecule has 1 unspecified atom stereocenters. The van der Waals surface area contributed by atoms with Crippen molar-refractivity contribution in [3.63, 3.8) is 0 Å². The summed E-state index contributed by atoms with van der Waals surface area (Å²) >= 11 is 1.57. The van der Waals surface area contributed by atoms with Gasteiger partial charge in [0, 0.05) is 18.4 Å². The summed E-state index contributed by atoms with van der Waals surface area (Å²) in [5.74, 6) is 2.15. The maximum atomic E-state index is 4.63. The lowest BCUT2D eigenvalue weighted by atomic mass is 10.0. The maximum Gasteiger partial charge on any atom is 0.145 e.